The standard InChI is InChI=1S/C16H20N2O4/c1-11-10-12(6-7-13(11)18(20)21)16(19)17-8-2-4-14(17)15-5-3-9-22-15/h6-7,10,14-15H,2-5,8-9H2,1H3. The van der Waals surface area contributed by atoms with Crippen molar-refractivity contribution < 1.29 is 14.5 Å². The van der Waals surface area contributed by atoms with Crippen molar-refractivity contribution in [2.45, 2.75) is 44.8 Å². The molecule has 2 saturated heterocycles. The van der Waals surface area contributed by atoms with Crippen LogP contribution in [0.3, 0.4) is 0 Å². The van der Waals surface area contributed by atoms with Gasteiger partial charge in [0.1, 0.15) is 0 Å². The minimum absolute atomic E-state index is 0.0454. The molecule has 2 heterocycles. The van der Waals surface area contributed by atoms with Crippen molar-refractivity contribution in [3.8, 4) is 0 Å². The van der Waals surface area contributed by atoms with E-state index < -0.39 is 4.92 Å². The first kappa shape index (κ1) is 15.0. The van der Waals surface area contributed by atoms with Crippen LogP contribution in [-0.2, 0) is 4.74 Å². The van der Waals surface area contributed by atoms with Crippen LogP contribution in [-0.4, -0.2) is 41.0 Å². The van der Waals surface area contributed by atoms with Crippen LogP contribution in [0.2, 0.25) is 0 Å². The zero-order valence-corrected chi connectivity index (χ0v) is 12.7. The lowest BCUT2D eigenvalue weighted by atomic mass is 10.0. The quantitative estimate of drug-likeness (QED) is 0.635. The average Bonchev–Trinajstić information content (AvgIpc) is 3.16. The zero-order chi connectivity index (χ0) is 15.7. The Morgan fingerprint density at radius 3 is 2.82 bits per heavy atom. The molecule has 6 nitrogen and oxygen atoms in total. The zero-order valence-electron chi connectivity index (χ0n) is 12.7. The monoisotopic (exact) mass is 304 g/mol. The number of likely N-dealkylation sites (tertiary alicyclic amines) is 1. The number of nitrogens with zero attached hydrogens (tertiary/aromatic N) is 2. The van der Waals surface area contributed by atoms with Crippen molar-refractivity contribution in [3.63, 3.8) is 0 Å². The summed E-state index contributed by atoms with van der Waals surface area (Å²) in [5.41, 5.74) is 1.09. The summed E-state index contributed by atoms with van der Waals surface area (Å²) >= 11 is 0. The van der Waals surface area contributed by atoms with Crippen molar-refractivity contribution in [2.24, 2.45) is 0 Å². The average molecular weight is 304 g/mol. The highest BCUT2D eigenvalue weighted by Gasteiger charge is 2.37. The van der Waals surface area contributed by atoms with Gasteiger partial charge in [-0.15, -0.1) is 0 Å². The number of carbonyl (C=O) groups excluding carboxylic acids is 1. The molecule has 0 saturated carbocycles. The molecule has 6 heteroatoms. The van der Waals surface area contributed by atoms with Gasteiger partial charge in [-0.1, -0.05) is 0 Å². The second kappa shape index (κ2) is 6.04. The lowest BCUT2D eigenvalue weighted by Crippen LogP contribution is -2.42. The molecule has 1 amide bonds. The van der Waals surface area contributed by atoms with Crippen molar-refractivity contribution in [2.75, 3.05) is 13.2 Å². The maximum Gasteiger partial charge on any atom is 0.272 e. The largest absolute Gasteiger partial charge is 0.376 e. The second-order valence-corrected chi connectivity index (χ2v) is 6.02. The molecule has 2 fully saturated rings. The number of hydrogen-bond donors (Lipinski definition) is 0. The van der Waals surface area contributed by atoms with Gasteiger partial charge in [0.25, 0.3) is 11.6 Å². The van der Waals surface area contributed by atoms with E-state index in [1.54, 1.807) is 19.1 Å². The Labute approximate surface area is 129 Å². The van der Waals surface area contributed by atoms with Crippen LogP contribution in [0.5, 0.6) is 0 Å². The maximum atomic E-state index is 12.7. The molecule has 0 aliphatic carbocycles. The molecule has 2 unspecified atom stereocenters. The summed E-state index contributed by atoms with van der Waals surface area (Å²) in [7, 11) is 0. The third kappa shape index (κ3) is 2.70. The van der Waals surface area contributed by atoms with Crippen molar-refractivity contribution in [1.29, 1.82) is 0 Å². The highest BCUT2D eigenvalue weighted by Crippen LogP contribution is 2.29. The molecule has 0 aromatic heterocycles. The third-order valence-corrected chi connectivity index (χ3v) is 4.59. The molecule has 0 N–H and O–H groups in total. The minimum atomic E-state index is -0.422. The third-order valence-electron chi connectivity index (χ3n) is 4.59. The van der Waals surface area contributed by atoms with E-state index in [9.17, 15) is 14.9 Å². The topological polar surface area (TPSA) is 72.7 Å². The molecule has 0 radical (unpaired) electrons. The molecule has 118 valence electrons. The Morgan fingerprint density at radius 2 is 2.18 bits per heavy atom. The van der Waals surface area contributed by atoms with E-state index in [0.29, 0.717) is 11.1 Å². The molecule has 2 atom stereocenters. The van der Waals surface area contributed by atoms with Crippen LogP contribution in [0, 0.1) is 17.0 Å². The van der Waals surface area contributed by atoms with Crippen LogP contribution in [0.15, 0.2) is 18.2 Å². The summed E-state index contributed by atoms with van der Waals surface area (Å²) in [5.74, 6) is -0.0454. The van der Waals surface area contributed by atoms with E-state index in [1.807, 2.05) is 4.90 Å². The molecule has 1 aromatic rings. The van der Waals surface area contributed by atoms with Crippen molar-refractivity contribution in [3.05, 3.63) is 39.4 Å². The Morgan fingerprint density at radius 1 is 1.36 bits per heavy atom. The van der Waals surface area contributed by atoms with Gasteiger partial charge in [0.15, 0.2) is 0 Å². The van der Waals surface area contributed by atoms with Gasteiger partial charge in [0.2, 0.25) is 0 Å². The van der Waals surface area contributed by atoms with Gasteiger partial charge in [0, 0.05) is 30.3 Å². The first-order valence-corrected chi connectivity index (χ1v) is 7.75. The molecule has 2 aliphatic heterocycles. The Kier molecular flexibility index (Phi) is 4.11. The predicted molar refractivity (Wildman–Crippen MR) is 80.9 cm³/mol. The highest BCUT2D eigenvalue weighted by molar-refractivity contribution is 5.95. The smallest absolute Gasteiger partial charge is 0.272 e. The van der Waals surface area contributed by atoms with E-state index in [2.05, 4.69) is 0 Å². The number of rotatable bonds is 3. The fourth-order valence-electron chi connectivity index (χ4n) is 3.50. The Balaban J connectivity index is 1.80. The Hall–Kier alpha value is -1.95. The number of aryl methyl sites for hydroxylation is 1. The minimum Gasteiger partial charge on any atom is -0.376 e. The van der Waals surface area contributed by atoms with Gasteiger partial charge in [-0.2, -0.15) is 0 Å². The normalized spacial score (nSPS) is 24.7. The molecule has 3 rings (SSSR count). The molecule has 0 spiro atoms. The van der Waals surface area contributed by atoms with Crippen LogP contribution >= 0.6 is 0 Å². The van der Waals surface area contributed by atoms with Crippen LogP contribution < -0.4 is 0 Å². The van der Waals surface area contributed by atoms with Gasteiger partial charge < -0.3 is 9.64 Å². The summed E-state index contributed by atoms with van der Waals surface area (Å²) in [6.07, 6.45) is 4.17. The first-order chi connectivity index (χ1) is 10.6. The summed E-state index contributed by atoms with van der Waals surface area (Å²) < 4.78 is 5.74. The summed E-state index contributed by atoms with van der Waals surface area (Å²) in [6.45, 7) is 3.18. The molecule has 1 aromatic carbocycles. The molecule has 2 aliphatic rings. The number of nitro benzene ring substituents is 1. The molecular weight excluding hydrogens is 284 g/mol. The summed E-state index contributed by atoms with van der Waals surface area (Å²) in [6, 6.07) is 4.73. The molecule has 0 bridgehead atoms. The van der Waals surface area contributed by atoms with Gasteiger partial charge >= 0.3 is 0 Å². The van der Waals surface area contributed by atoms with Gasteiger partial charge in [-0.05, 0) is 44.7 Å². The van der Waals surface area contributed by atoms with E-state index in [4.69, 9.17) is 4.74 Å². The summed E-state index contributed by atoms with van der Waals surface area (Å²) in [5, 5.41) is 10.9. The van der Waals surface area contributed by atoms with Crippen molar-refractivity contribution in [1.82, 2.24) is 4.90 Å². The number of ether oxygens (including phenoxy) is 1. The predicted octanol–water partition coefficient (Wildman–Crippen LogP) is 2.69. The number of benzene rings is 1. The number of hydrogen-bond acceptors (Lipinski definition) is 4. The van der Waals surface area contributed by atoms with Gasteiger partial charge in [-0.3, -0.25) is 14.9 Å². The number of amides is 1. The fraction of sp³-hybridized carbons (Fsp3) is 0.562. The van der Waals surface area contributed by atoms with Crippen LogP contribution in [0.1, 0.15) is 41.6 Å². The van der Waals surface area contributed by atoms with Crippen LogP contribution in [0.4, 0.5) is 5.69 Å². The highest BCUT2D eigenvalue weighted by atomic mass is 16.6. The van der Waals surface area contributed by atoms with E-state index in [0.717, 1.165) is 38.8 Å². The van der Waals surface area contributed by atoms with Crippen LogP contribution in [0.25, 0.3) is 0 Å². The molecular formula is C16H20N2O4. The summed E-state index contributed by atoms with van der Waals surface area (Å²) in [4.78, 5) is 25.1. The van der Waals surface area contributed by atoms with E-state index in [1.165, 1.54) is 6.07 Å². The fourth-order valence-corrected chi connectivity index (χ4v) is 3.50. The van der Waals surface area contributed by atoms with Crippen molar-refractivity contribution >= 4 is 11.6 Å². The lowest BCUT2D eigenvalue weighted by Gasteiger charge is -2.29. The number of carbonyl (C=O) groups is 1. The second-order valence-electron chi connectivity index (χ2n) is 6.02. The molecule has 22 heavy (non-hydrogen) atoms. The van der Waals surface area contributed by atoms with Gasteiger partial charge in [0.05, 0.1) is 17.1 Å². The van der Waals surface area contributed by atoms with E-state index >= 15 is 0 Å². The Bertz CT molecular complexity index is 596. The SMILES string of the molecule is Cc1cc(C(=O)N2CCCC2C2CCCO2)ccc1[N+](=O)[O-]. The van der Waals surface area contributed by atoms with E-state index in [-0.39, 0.29) is 23.7 Å². The lowest BCUT2D eigenvalue weighted by molar-refractivity contribution is -0.385. The number of nitro groups is 1. The first-order valence-electron chi connectivity index (χ1n) is 7.75. The maximum absolute atomic E-state index is 12.7. The van der Waals surface area contributed by atoms with Gasteiger partial charge in [-0.25, -0.2) is 0 Å².